The van der Waals surface area contributed by atoms with Crippen molar-refractivity contribution in [1.29, 1.82) is 0 Å². The Bertz CT molecular complexity index is 1490. The molecule has 42 heavy (non-hydrogen) atoms. The molecule has 1 atom stereocenters. The van der Waals surface area contributed by atoms with Crippen molar-refractivity contribution >= 4 is 55.4 Å². The molecule has 16 heteroatoms. The Kier molecular flexibility index (Phi) is 11.3. The molecule has 1 unspecified atom stereocenters. The third-order valence-electron chi connectivity index (χ3n) is 6.47. The Morgan fingerprint density at radius 1 is 1.00 bits per heavy atom. The van der Waals surface area contributed by atoms with Crippen LogP contribution in [0.1, 0.15) is 36.7 Å². The van der Waals surface area contributed by atoms with Gasteiger partial charge in [0, 0.05) is 28.7 Å². The first-order valence-electron chi connectivity index (χ1n) is 12.9. The fourth-order valence-electron chi connectivity index (χ4n) is 4.30. The maximum Gasteiger partial charge on any atom is 0.414 e. The number of nitrogens with one attached hydrogen (secondary N) is 1. The Balaban J connectivity index is 1.80. The van der Waals surface area contributed by atoms with Crippen LogP contribution < -0.4 is 10.2 Å². The smallest absolute Gasteiger partial charge is 0.414 e. The maximum atomic E-state index is 13.5. The van der Waals surface area contributed by atoms with E-state index in [1.54, 1.807) is 40.7 Å². The van der Waals surface area contributed by atoms with Gasteiger partial charge in [0.05, 0.1) is 17.2 Å². The average Bonchev–Trinajstić information content (AvgIpc) is 2.92. The van der Waals surface area contributed by atoms with Crippen molar-refractivity contribution in [3.8, 4) is 0 Å². The van der Waals surface area contributed by atoms with E-state index in [0.29, 0.717) is 33.7 Å². The number of nitrogens with zero attached hydrogens (tertiary/aromatic N) is 3. The number of fused-ring (bicyclic) bond motifs is 1. The number of carbonyl (C=O) groups excluding carboxylic acids is 2. The van der Waals surface area contributed by atoms with Crippen LogP contribution >= 0.6 is 26.8 Å². The summed E-state index contributed by atoms with van der Waals surface area (Å²) in [6.45, 7) is 7.97. The minimum absolute atomic E-state index is 0.117. The van der Waals surface area contributed by atoms with Crippen LogP contribution in [0.2, 0.25) is 5.02 Å². The summed E-state index contributed by atoms with van der Waals surface area (Å²) in [4.78, 5) is 71.0. The molecule has 0 fully saturated rings. The molecule has 0 spiro atoms. The number of hydrogen-bond acceptors (Lipinski definition) is 7. The van der Waals surface area contributed by atoms with Crippen molar-refractivity contribution in [3.05, 3.63) is 70.9 Å². The first-order valence-corrected chi connectivity index (χ1v) is 16.6. The zero-order valence-corrected chi connectivity index (χ0v) is 25.7. The summed E-state index contributed by atoms with van der Waals surface area (Å²) < 4.78 is 28.6. The second-order valence-corrected chi connectivity index (χ2v) is 13.7. The van der Waals surface area contributed by atoms with Crippen LogP contribution in [0.25, 0.3) is 10.9 Å². The SMILES string of the molecule is CCN(CC)CC(C)N(C(=O)OCc1ccc(C(=O)NC(P(=O)(O)O)P(=O)(O)O)cc1)c1ccnc2cc(Cl)ccc12. The maximum absolute atomic E-state index is 13.5. The van der Waals surface area contributed by atoms with Crippen LogP contribution in [0, 0.1) is 0 Å². The lowest BCUT2D eigenvalue weighted by atomic mass is 10.1. The van der Waals surface area contributed by atoms with Crippen molar-refractivity contribution in [2.24, 2.45) is 0 Å². The van der Waals surface area contributed by atoms with Gasteiger partial charge in [0.1, 0.15) is 6.61 Å². The van der Waals surface area contributed by atoms with Gasteiger partial charge >= 0.3 is 21.3 Å². The minimum Gasteiger partial charge on any atom is -0.444 e. The van der Waals surface area contributed by atoms with Gasteiger partial charge < -0.3 is 34.5 Å². The van der Waals surface area contributed by atoms with Gasteiger partial charge in [-0.3, -0.25) is 23.8 Å². The van der Waals surface area contributed by atoms with E-state index in [2.05, 4.69) is 9.88 Å². The Hall–Kier alpha value is -2.86. The molecule has 3 rings (SSSR count). The molecule has 0 aliphatic carbocycles. The number of pyridine rings is 1. The third kappa shape index (κ3) is 8.59. The molecule has 228 valence electrons. The summed E-state index contributed by atoms with van der Waals surface area (Å²) in [7, 11) is -10.7. The Morgan fingerprint density at radius 3 is 2.19 bits per heavy atom. The molecule has 0 saturated heterocycles. The van der Waals surface area contributed by atoms with Crippen LogP contribution in [0.4, 0.5) is 10.5 Å². The van der Waals surface area contributed by atoms with Crippen molar-refractivity contribution in [3.63, 3.8) is 0 Å². The molecule has 0 radical (unpaired) electrons. The van der Waals surface area contributed by atoms with E-state index in [-0.39, 0.29) is 18.2 Å². The highest BCUT2D eigenvalue weighted by molar-refractivity contribution is 7.70. The molecule has 2 amide bonds. The first kappa shape index (κ1) is 33.6. The van der Waals surface area contributed by atoms with E-state index < -0.39 is 32.7 Å². The van der Waals surface area contributed by atoms with Crippen molar-refractivity contribution < 1.29 is 43.0 Å². The number of anilines is 1. The van der Waals surface area contributed by atoms with Gasteiger partial charge in [-0.2, -0.15) is 0 Å². The lowest BCUT2D eigenvalue weighted by Crippen LogP contribution is -2.46. The van der Waals surface area contributed by atoms with E-state index in [9.17, 15) is 38.3 Å². The van der Waals surface area contributed by atoms with Crippen LogP contribution in [0.5, 0.6) is 0 Å². The lowest BCUT2D eigenvalue weighted by Gasteiger charge is -2.32. The van der Waals surface area contributed by atoms with E-state index in [1.807, 2.05) is 20.8 Å². The Morgan fingerprint density at radius 2 is 1.62 bits per heavy atom. The number of carbonyl (C=O) groups is 2. The number of hydrogen-bond donors (Lipinski definition) is 5. The fourth-order valence-corrected chi connectivity index (χ4v) is 6.61. The molecule has 1 aromatic heterocycles. The molecule has 2 aromatic carbocycles. The molecule has 5 N–H and O–H groups in total. The first-order chi connectivity index (χ1) is 19.6. The van der Waals surface area contributed by atoms with E-state index >= 15 is 0 Å². The van der Waals surface area contributed by atoms with Gasteiger partial charge in [-0.05, 0) is 62.0 Å². The second-order valence-electron chi connectivity index (χ2n) is 9.47. The molecule has 0 aliphatic heterocycles. The monoisotopic (exact) mass is 642 g/mol. The molecule has 1 heterocycles. The van der Waals surface area contributed by atoms with Crippen molar-refractivity contribution in [1.82, 2.24) is 15.2 Å². The molecule has 0 aliphatic rings. The molecular weight excluding hydrogens is 610 g/mol. The number of halogens is 1. The average molecular weight is 643 g/mol. The summed E-state index contributed by atoms with van der Waals surface area (Å²) in [6, 6.07) is 12.1. The zero-order valence-electron chi connectivity index (χ0n) is 23.1. The third-order valence-corrected chi connectivity index (χ3v) is 10.0. The highest BCUT2D eigenvalue weighted by Gasteiger charge is 2.44. The normalized spacial score (nSPS) is 12.9. The van der Waals surface area contributed by atoms with E-state index in [1.165, 1.54) is 24.3 Å². The van der Waals surface area contributed by atoms with Crippen LogP contribution in [0.3, 0.4) is 0 Å². The number of ether oxygens (including phenoxy) is 1. The minimum atomic E-state index is -5.35. The van der Waals surface area contributed by atoms with E-state index in [0.717, 1.165) is 13.1 Å². The molecular formula is C26H33ClN4O9P2. The number of aromatic nitrogens is 1. The van der Waals surface area contributed by atoms with Gasteiger partial charge in [0.15, 0.2) is 0 Å². The highest BCUT2D eigenvalue weighted by Crippen LogP contribution is 2.58. The van der Waals surface area contributed by atoms with E-state index in [4.69, 9.17) is 16.3 Å². The zero-order chi connectivity index (χ0) is 31.2. The second kappa shape index (κ2) is 14.1. The predicted molar refractivity (Wildman–Crippen MR) is 158 cm³/mol. The number of likely N-dealkylation sites (N-methyl/N-ethyl adjacent to an activating group) is 1. The van der Waals surface area contributed by atoms with Gasteiger partial charge in [0.25, 0.3) is 5.91 Å². The highest BCUT2D eigenvalue weighted by atomic mass is 35.5. The summed E-state index contributed by atoms with van der Waals surface area (Å²) in [5.41, 5.74) is -1.10. The molecule has 13 nitrogen and oxygen atoms in total. The summed E-state index contributed by atoms with van der Waals surface area (Å²) >= 11 is 6.15. The van der Waals surface area contributed by atoms with Gasteiger partial charge in [-0.15, -0.1) is 0 Å². The van der Waals surface area contributed by atoms with Crippen molar-refractivity contribution in [2.75, 3.05) is 24.5 Å². The number of benzene rings is 2. The molecule has 3 aromatic rings. The van der Waals surface area contributed by atoms with Gasteiger partial charge in [-0.1, -0.05) is 37.6 Å². The largest absolute Gasteiger partial charge is 0.444 e. The summed E-state index contributed by atoms with van der Waals surface area (Å²) in [5.74, 6) is -1.10. The van der Waals surface area contributed by atoms with Crippen molar-refractivity contribution in [2.45, 2.75) is 38.9 Å². The summed E-state index contributed by atoms with van der Waals surface area (Å²) in [5, 5.41) is 2.92. The summed E-state index contributed by atoms with van der Waals surface area (Å²) in [6.07, 6.45) is 0.969. The van der Waals surface area contributed by atoms with Crippen LogP contribution in [-0.2, 0) is 20.5 Å². The topological polar surface area (TPSA) is 190 Å². The predicted octanol–water partition coefficient (Wildman–Crippen LogP) is 4.13. The molecule has 0 bridgehead atoms. The van der Waals surface area contributed by atoms with Gasteiger partial charge in [-0.25, -0.2) is 4.79 Å². The van der Waals surface area contributed by atoms with Crippen LogP contribution in [0.15, 0.2) is 54.7 Å². The number of rotatable bonds is 12. The standard InChI is InChI=1S/C26H33ClN4O9P2/c1-4-30(5-2)15-17(3)31(23-12-13-28-22-14-20(27)10-11-21(22)23)26(33)40-16-18-6-8-19(9-7-18)24(32)29-25(41(34,35)36)42(37,38)39/h6-14,17,25H,4-5,15-16H2,1-3H3,(H,29,32)(H2,34,35,36)(H2,37,38,39). The number of amides is 2. The van der Waals surface area contributed by atoms with Crippen LogP contribution in [-0.4, -0.2) is 72.7 Å². The Labute approximate surface area is 247 Å². The fraction of sp³-hybridized carbons (Fsp3) is 0.346. The molecule has 0 saturated carbocycles. The quantitative estimate of drug-likeness (QED) is 0.179. The lowest BCUT2D eigenvalue weighted by molar-refractivity contribution is 0.0947. The van der Waals surface area contributed by atoms with Gasteiger partial charge in [0.2, 0.25) is 5.52 Å².